The van der Waals surface area contributed by atoms with E-state index in [0.29, 0.717) is 30.4 Å². The Morgan fingerprint density at radius 3 is 2.77 bits per heavy atom. The molecule has 10 heteroatoms. The molecule has 8 nitrogen and oxygen atoms in total. The fraction of sp³-hybridized carbons (Fsp3) is 0.400. The van der Waals surface area contributed by atoms with Gasteiger partial charge in [-0.15, -0.1) is 35.3 Å². The number of piperazine rings is 1. The first-order valence-corrected chi connectivity index (χ1v) is 10.8. The molecule has 0 saturated carbocycles. The number of hydrogen-bond acceptors (Lipinski definition) is 7. The van der Waals surface area contributed by atoms with Gasteiger partial charge in [0.2, 0.25) is 0 Å². The number of halogens is 1. The summed E-state index contributed by atoms with van der Waals surface area (Å²) < 4.78 is 5.32. The summed E-state index contributed by atoms with van der Waals surface area (Å²) in [5.74, 6) is 2.04. The summed E-state index contributed by atoms with van der Waals surface area (Å²) in [5, 5.41) is 10.9. The molecule has 160 valence electrons. The number of aliphatic imine (C=N–C) groups is 1. The molecular formula is C20H26IN7OS. The Morgan fingerprint density at radius 1 is 1.20 bits per heavy atom. The molecule has 0 atom stereocenters. The lowest BCUT2D eigenvalue weighted by atomic mass is 10.3. The van der Waals surface area contributed by atoms with Gasteiger partial charge in [0.05, 0.1) is 5.00 Å². The Kier molecular flexibility index (Phi) is 8.43. The van der Waals surface area contributed by atoms with Crippen LogP contribution in [0.2, 0.25) is 0 Å². The molecule has 3 aromatic rings. The highest BCUT2D eigenvalue weighted by Crippen LogP contribution is 2.22. The molecule has 3 aromatic heterocycles. The van der Waals surface area contributed by atoms with E-state index in [9.17, 15) is 0 Å². The van der Waals surface area contributed by atoms with E-state index in [1.165, 1.54) is 5.00 Å². The first-order valence-electron chi connectivity index (χ1n) is 9.89. The lowest BCUT2D eigenvalue weighted by Gasteiger charge is -2.37. The largest absolute Gasteiger partial charge is 0.360 e. The summed E-state index contributed by atoms with van der Waals surface area (Å²) in [4.78, 5) is 18.2. The van der Waals surface area contributed by atoms with Crippen molar-refractivity contribution >= 4 is 46.3 Å². The van der Waals surface area contributed by atoms with Crippen molar-refractivity contribution in [3.8, 4) is 11.6 Å². The zero-order valence-corrected chi connectivity index (χ0v) is 20.0. The van der Waals surface area contributed by atoms with Crippen LogP contribution >= 0.6 is 35.3 Å². The molecule has 0 unspecified atom stereocenters. The van der Waals surface area contributed by atoms with Crippen LogP contribution in [-0.4, -0.2) is 65.3 Å². The van der Waals surface area contributed by atoms with Gasteiger partial charge >= 0.3 is 0 Å². The van der Waals surface area contributed by atoms with E-state index in [-0.39, 0.29) is 24.0 Å². The van der Waals surface area contributed by atoms with Gasteiger partial charge in [0.15, 0.2) is 11.8 Å². The molecule has 1 aliphatic heterocycles. The van der Waals surface area contributed by atoms with Crippen molar-refractivity contribution in [1.29, 1.82) is 0 Å². The number of hydrogen-bond donors (Lipinski definition) is 1. The van der Waals surface area contributed by atoms with Gasteiger partial charge in [0.1, 0.15) is 5.69 Å². The summed E-state index contributed by atoms with van der Waals surface area (Å²) in [7, 11) is 0. The van der Waals surface area contributed by atoms with Crippen LogP contribution in [0.15, 0.2) is 51.4 Å². The van der Waals surface area contributed by atoms with Crippen molar-refractivity contribution in [2.24, 2.45) is 4.99 Å². The summed E-state index contributed by atoms with van der Waals surface area (Å²) in [5.41, 5.74) is 0.687. The van der Waals surface area contributed by atoms with Crippen LogP contribution < -0.4 is 10.2 Å². The first kappa shape index (κ1) is 22.5. The number of guanidine groups is 1. The van der Waals surface area contributed by atoms with Crippen LogP contribution in [0.5, 0.6) is 0 Å². The molecule has 0 bridgehead atoms. The van der Waals surface area contributed by atoms with Crippen molar-refractivity contribution in [2.75, 3.05) is 44.2 Å². The van der Waals surface area contributed by atoms with Crippen LogP contribution in [0.4, 0.5) is 5.00 Å². The number of pyridine rings is 1. The van der Waals surface area contributed by atoms with Crippen molar-refractivity contribution in [3.63, 3.8) is 0 Å². The van der Waals surface area contributed by atoms with Crippen molar-refractivity contribution < 1.29 is 4.52 Å². The molecule has 0 aromatic carbocycles. The molecule has 1 N–H and O–H groups in total. The van der Waals surface area contributed by atoms with E-state index >= 15 is 0 Å². The molecule has 0 radical (unpaired) electrons. The molecule has 1 aliphatic rings. The summed E-state index contributed by atoms with van der Waals surface area (Å²) in [6.45, 7) is 7.46. The smallest absolute Gasteiger partial charge is 0.276 e. The maximum atomic E-state index is 5.32. The minimum absolute atomic E-state index is 0. The van der Waals surface area contributed by atoms with E-state index in [1.807, 2.05) is 18.2 Å². The Balaban J connectivity index is 0.00000256. The minimum atomic E-state index is 0. The van der Waals surface area contributed by atoms with Crippen molar-refractivity contribution in [2.45, 2.75) is 13.3 Å². The predicted octanol–water partition coefficient (Wildman–Crippen LogP) is 3.14. The first-order chi connectivity index (χ1) is 14.3. The van der Waals surface area contributed by atoms with Gasteiger partial charge in [0.25, 0.3) is 5.89 Å². The SMILES string of the molecule is CCNC(=NCCc1noc(-c2ccccn2)n1)N1CCN(c2cccs2)CC1.I. The number of rotatable bonds is 6. The summed E-state index contributed by atoms with van der Waals surface area (Å²) in [6.07, 6.45) is 2.34. The highest BCUT2D eigenvalue weighted by atomic mass is 127. The van der Waals surface area contributed by atoms with Crippen LogP contribution in [-0.2, 0) is 6.42 Å². The highest BCUT2D eigenvalue weighted by molar-refractivity contribution is 14.0. The van der Waals surface area contributed by atoms with E-state index < -0.39 is 0 Å². The van der Waals surface area contributed by atoms with Gasteiger partial charge in [-0.3, -0.25) is 9.98 Å². The molecule has 1 fully saturated rings. The molecule has 0 aliphatic carbocycles. The lowest BCUT2D eigenvalue weighted by Crippen LogP contribution is -2.52. The maximum absolute atomic E-state index is 5.32. The van der Waals surface area contributed by atoms with Crippen molar-refractivity contribution in [3.05, 3.63) is 47.7 Å². The van der Waals surface area contributed by atoms with E-state index in [0.717, 1.165) is 38.7 Å². The van der Waals surface area contributed by atoms with Gasteiger partial charge in [-0.2, -0.15) is 4.98 Å². The third kappa shape index (κ3) is 5.69. The number of anilines is 1. The van der Waals surface area contributed by atoms with Gasteiger partial charge in [-0.05, 0) is 36.6 Å². The second-order valence-corrected chi connectivity index (χ2v) is 7.57. The monoisotopic (exact) mass is 539 g/mol. The number of aromatic nitrogens is 3. The second kappa shape index (κ2) is 11.3. The molecule has 30 heavy (non-hydrogen) atoms. The van der Waals surface area contributed by atoms with Crippen LogP contribution in [0.25, 0.3) is 11.6 Å². The van der Waals surface area contributed by atoms with Crippen LogP contribution in [0.1, 0.15) is 12.7 Å². The van der Waals surface area contributed by atoms with Crippen LogP contribution in [0.3, 0.4) is 0 Å². The number of nitrogens with one attached hydrogen (secondary N) is 1. The fourth-order valence-electron chi connectivity index (χ4n) is 3.22. The Bertz CT molecular complexity index is 908. The Hall–Kier alpha value is -2.21. The van der Waals surface area contributed by atoms with Gasteiger partial charge in [0, 0.05) is 51.9 Å². The summed E-state index contributed by atoms with van der Waals surface area (Å²) >= 11 is 1.80. The zero-order chi connectivity index (χ0) is 19.9. The average molecular weight is 539 g/mol. The van der Waals surface area contributed by atoms with E-state index in [1.54, 1.807) is 17.5 Å². The Labute approximate surface area is 197 Å². The highest BCUT2D eigenvalue weighted by Gasteiger charge is 2.20. The predicted molar refractivity (Wildman–Crippen MR) is 131 cm³/mol. The second-order valence-electron chi connectivity index (χ2n) is 6.64. The standard InChI is InChI=1S/C20H25N7OS.HI/c1-2-21-20(27-13-11-26(12-14-27)18-7-5-15-29-18)23-10-8-17-24-19(28-25-17)16-6-3-4-9-22-16;/h3-7,9,15H,2,8,10-14H2,1H3,(H,21,23);1H. The van der Waals surface area contributed by atoms with Gasteiger partial charge in [-0.25, -0.2) is 0 Å². The third-order valence-corrected chi connectivity index (χ3v) is 5.61. The molecule has 0 spiro atoms. The minimum Gasteiger partial charge on any atom is -0.360 e. The quantitative estimate of drug-likeness (QED) is 0.293. The molecule has 4 rings (SSSR count). The fourth-order valence-corrected chi connectivity index (χ4v) is 4.01. The zero-order valence-electron chi connectivity index (χ0n) is 16.9. The van der Waals surface area contributed by atoms with Gasteiger partial charge < -0.3 is 19.6 Å². The van der Waals surface area contributed by atoms with E-state index in [2.05, 4.69) is 54.7 Å². The lowest BCUT2D eigenvalue weighted by molar-refractivity contribution is 0.373. The number of nitrogens with zero attached hydrogens (tertiary/aromatic N) is 6. The van der Waals surface area contributed by atoms with Crippen LogP contribution in [0, 0.1) is 0 Å². The molecular weight excluding hydrogens is 513 g/mol. The maximum Gasteiger partial charge on any atom is 0.276 e. The number of thiophene rings is 1. The normalized spacial score (nSPS) is 14.5. The van der Waals surface area contributed by atoms with E-state index in [4.69, 9.17) is 9.52 Å². The van der Waals surface area contributed by atoms with Crippen molar-refractivity contribution in [1.82, 2.24) is 25.3 Å². The third-order valence-electron chi connectivity index (χ3n) is 4.68. The molecule has 0 amide bonds. The Morgan fingerprint density at radius 2 is 2.07 bits per heavy atom. The van der Waals surface area contributed by atoms with Gasteiger partial charge in [-0.1, -0.05) is 11.2 Å². The molecule has 4 heterocycles. The molecule has 1 saturated heterocycles. The average Bonchev–Trinajstić information content (AvgIpc) is 3.47. The topological polar surface area (TPSA) is 82.7 Å². The summed E-state index contributed by atoms with van der Waals surface area (Å²) in [6, 6.07) is 9.91.